The summed E-state index contributed by atoms with van der Waals surface area (Å²) in [6.07, 6.45) is 0. The summed E-state index contributed by atoms with van der Waals surface area (Å²) in [5.74, 6) is 0.332. The van der Waals surface area contributed by atoms with E-state index in [0.717, 1.165) is 5.56 Å². The Morgan fingerprint density at radius 3 is 2.55 bits per heavy atom. The van der Waals surface area contributed by atoms with Crippen molar-refractivity contribution >= 4 is 17.3 Å². The van der Waals surface area contributed by atoms with Crippen molar-refractivity contribution in [2.45, 2.75) is 13.8 Å². The van der Waals surface area contributed by atoms with Crippen molar-refractivity contribution in [1.29, 1.82) is 0 Å². The molecule has 0 aliphatic heterocycles. The van der Waals surface area contributed by atoms with Crippen LogP contribution < -0.4 is 10.1 Å². The molecule has 0 radical (unpaired) electrons. The predicted molar refractivity (Wildman–Crippen MR) is 83.1 cm³/mol. The average molecular weight is 300 g/mol. The first kappa shape index (κ1) is 15.5. The van der Waals surface area contributed by atoms with Gasteiger partial charge in [-0.2, -0.15) is 0 Å². The van der Waals surface area contributed by atoms with Crippen molar-refractivity contribution in [3.63, 3.8) is 0 Å². The smallest absolute Gasteiger partial charge is 0.269 e. The summed E-state index contributed by atoms with van der Waals surface area (Å²) in [4.78, 5) is 22.1. The summed E-state index contributed by atoms with van der Waals surface area (Å²) in [6.45, 7) is 3.47. The number of carbonyl (C=O) groups excluding carboxylic acids is 1. The fourth-order valence-corrected chi connectivity index (χ4v) is 1.95. The highest BCUT2D eigenvalue weighted by atomic mass is 16.6. The molecule has 0 atom stereocenters. The highest BCUT2D eigenvalue weighted by molar-refractivity contribution is 5.92. The number of nitrogens with zero attached hydrogens (tertiary/aromatic N) is 1. The van der Waals surface area contributed by atoms with Crippen LogP contribution >= 0.6 is 0 Å². The van der Waals surface area contributed by atoms with Gasteiger partial charge < -0.3 is 10.1 Å². The summed E-state index contributed by atoms with van der Waals surface area (Å²) in [5, 5.41) is 13.4. The Labute approximate surface area is 127 Å². The van der Waals surface area contributed by atoms with Crippen molar-refractivity contribution < 1.29 is 14.5 Å². The van der Waals surface area contributed by atoms with Crippen LogP contribution in [0.15, 0.2) is 42.5 Å². The standard InChI is InChI=1S/C16H16N2O4/c1-11-5-3-4-6-15(11)22-10-16(19)17-14-8-7-13(18(20)21)9-12(14)2/h3-9H,10H2,1-2H3,(H,17,19). The van der Waals surface area contributed by atoms with Gasteiger partial charge in [0, 0.05) is 17.8 Å². The van der Waals surface area contributed by atoms with Crippen molar-refractivity contribution in [2.24, 2.45) is 0 Å². The van der Waals surface area contributed by atoms with E-state index in [9.17, 15) is 14.9 Å². The van der Waals surface area contributed by atoms with Crippen LogP contribution in [0.1, 0.15) is 11.1 Å². The van der Waals surface area contributed by atoms with Gasteiger partial charge in [0.15, 0.2) is 6.61 Å². The molecule has 0 aliphatic rings. The van der Waals surface area contributed by atoms with E-state index in [1.807, 2.05) is 25.1 Å². The molecule has 0 aromatic heterocycles. The summed E-state index contributed by atoms with van der Waals surface area (Å²) >= 11 is 0. The number of nitro groups is 1. The maximum absolute atomic E-state index is 11.9. The molecule has 6 nitrogen and oxygen atoms in total. The predicted octanol–water partition coefficient (Wildman–Crippen LogP) is 3.23. The number of anilines is 1. The number of nitrogens with one attached hydrogen (secondary N) is 1. The number of rotatable bonds is 5. The first-order chi connectivity index (χ1) is 10.5. The minimum Gasteiger partial charge on any atom is -0.483 e. The zero-order valence-electron chi connectivity index (χ0n) is 12.3. The van der Waals surface area contributed by atoms with Crippen molar-refractivity contribution in [2.75, 3.05) is 11.9 Å². The van der Waals surface area contributed by atoms with E-state index in [2.05, 4.69) is 5.32 Å². The van der Waals surface area contributed by atoms with E-state index in [1.165, 1.54) is 18.2 Å². The van der Waals surface area contributed by atoms with Crippen LogP contribution in [0.25, 0.3) is 0 Å². The van der Waals surface area contributed by atoms with Crippen molar-refractivity contribution in [3.05, 3.63) is 63.7 Å². The number of carbonyl (C=O) groups is 1. The number of amides is 1. The lowest BCUT2D eigenvalue weighted by Gasteiger charge is -2.10. The Hall–Kier alpha value is -2.89. The molecule has 1 amide bonds. The molecule has 114 valence electrons. The van der Waals surface area contributed by atoms with Gasteiger partial charge in [0.25, 0.3) is 11.6 Å². The number of aryl methyl sites for hydroxylation is 2. The van der Waals surface area contributed by atoms with Crippen LogP contribution in [-0.2, 0) is 4.79 Å². The second-order valence-corrected chi connectivity index (χ2v) is 4.86. The molecule has 0 heterocycles. The molecule has 0 saturated carbocycles. The molecule has 2 aromatic carbocycles. The van der Waals surface area contributed by atoms with Gasteiger partial charge in [0.2, 0.25) is 0 Å². The van der Waals surface area contributed by atoms with Crippen LogP contribution in [0.4, 0.5) is 11.4 Å². The summed E-state index contributed by atoms with van der Waals surface area (Å²) in [7, 11) is 0. The molecule has 0 unspecified atom stereocenters. The highest BCUT2D eigenvalue weighted by Gasteiger charge is 2.11. The lowest BCUT2D eigenvalue weighted by Crippen LogP contribution is -2.20. The van der Waals surface area contributed by atoms with E-state index in [0.29, 0.717) is 17.0 Å². The number of ether oxygens (including phenoxy) is 1. The van der Waals surface area contributed by atoms with Crippen LogP contribution in [0.3, 0.4) is 0 Å². The van der Waals surface area contributed by atoms with Crippen molar-refractivity contribution in [3.8, 4) is 5.75 Å². The van der Waals surface area contributed by atoms with E-state index in [-0.39, 0.29) is 18.2 Å². The summed E-state index contributed by atoms with van der Waals surface area (Å²) in [5.41, 5.74) is 2.09. The second kappa shape index (κ2) is 6.71. The molecule has 0 bridgehead atoms. The molecule has 1 N–H and O–H groups in total. The van der Waals surface area contributed by atoms with Crippen LogP contribution in [0.2, 0.25) is 0 Å². The van der Waals surface area contributed by atoms with Crippen LogP contribution in [-0.4, -0.2) is 17.4 Å². The number of nitro benzene ring substituents is 1. The molecule has 6 heteroatoms. The summed E-state index contributed by atoms with van der Waals surface area (Å²) < 4.78 is 5.45. The van der Waals surface area contributed by atoms with E-state index < -0.39 is 4.92 Å². The first-order valence-corrected chi connectivity index (χ1v) is 6.70. The van der Waals surface area contributed by atoms with Gasteiger partial charge in [-0.1, -0.05) is 18.2 Å². The number of non-ortho nitro benzene ring substituents is 1. The highest BCUT2D eigenvalue weighted by Crippen LogP contribution is 2.21. The number of benzene rings is 2. The molecule has 0 saturated heterocycles. The third-order valence-electron chi connectivity index (χ3n) is 3.15. The van der Waals surface area contributed by atoms with E-state index >= 15 is 0 Å². The van der Waals surface area contributed by atoms with Gasteiger partial charge in [-0.05, 0) is 37.1 Å². The zero-order chi connectivity index (χ0) is 16.1. The fourth-order valence-electron chi connectivity index (χ4n) is 1.95. The Kier molecular flexibility index (Phi) is 4.73. The monoisotopic (exact) mass is 300 g/mol. The van der Waals surface area contributed by atoms with Gasteiger partial charge in [-0.15, -0.1) is 0 Å². The fraction of sp³-hybridized carbons (Fsp3) is 0.188. The summed E-state index contributed by atoms with van der Waals surface area (Å²) in [6, 6.07) is 11.7. The number of para-hydroxylation sites is 1. The normalized spacial score (nSPS) is 10.1. The van der Waals surface area contributed by atoms with E-state index in [4.69, 9.17) is 4.74 Å². The molecule has 2 aromatic rings. The SMILES string of the molecule is Cc1cc([N+](=O)[O-])ccc1NC(=O)COc1ccccc1C. The minimum atomic E-state index is -0.472. The lowest BCUT2D eigenvalue weighted by atomic mass is 10.2. The van der Waals surface area contributed by atoms with Crippen LogP contribution in [0, 0.1) is 24.0 Å². The van der Waals surface area contributed by atoms with Gasteiger partial charge in [-0.3, -0.25) is 14.9 Å². The largest absolute Gasteiger partial charge is 0.483 e. The molecule has 0 aliphatic carbocycles. The Bertz CT molecular complexity index is 713. The Balaban J connectivity index is 1.98. The maximum atomic E-state index is 11.9. The topological polar surface area (TPSA) is 81.5 Å². The third-order valence-corrected chi connectivity index (χ3v) is 3.15. The molecular weight excluding hydrogens is 284 g/mol. The lowest BCUT2D eigenvalue weighted by molar-refractivity contribution is -0.384. The maximum Gasteiger partial charge on any atom is 0.269 e. The second-order valence-electron chi connectivity index (χ2n) is 4.86. The minimum absolute atomic E-state index is 0.00772. The molecule has 22 heavy (non-hydrogen) atoms. The number of hydrogen-bond donors (Lipinski definition) is 1. The quantitative estimate of drug-likeness (QED) is 0.679. The molecule has 0 spiro atoms. The van der Waals surface area contributed by atoms with Crippen molar-refractivity contribution in [1.82, 2.24) is 0 Å². The third kappa shape index (κ3) is 3.82. The van der Waals surface area contributed by atoms with Gasteiger partial charge in [0.05, 0.1) is 4.92 Å². The molecule has 0 fully saturated rings. The molecular formula is C16H16N2O4. The van der Waals surface area contributed by atoms with E-state index in [1.54, 1.807) is 13.0 Å². The van der Waals surface area contributed by atoms with Crippen LogP contribution in [0.5, 0.6) is 5.75 Å². The van der Waals surface area contributed by atoms with Gasteiger partial charge >= 0.3 is 0 Å². The Morgan fingerprint density at radius 2 is 1.91 bits per heavy atom. The Morgan fingerprint density at radius 1 is 1.18 bits per heavy atom. The molecule has 2 rings (SSSR count). The number of hydrogen-bond acceptors (Lipinski definition) is 4. The zero-order valence-corrected chi connectivity index (χ0v) is 12.3. The van der Waals surface area contributed by atoms with Gasteiger partial charge in [-0.25, -0.2) is 0 Å². The first-order valence-electron chi connectivity index (χ1n) is 6.70. The average Bonchev–Trinajstić information content (AvgIpc) is 2.48. The van der Waals surface area contributed by atoms with Gasteiger partial charge in [0.1, 0.15) is 5.75 Å².